The van der Waals surface area contributed by atoms with E-state index in [4.69, 9.17) is 0 Å². The van der Waals surface area contributed by atoms with Gasteiger partial charge in [-0.25, -0.2) is 8.42 Å². The number of non-ortho nitro benzene ring substituents is 1. The van der Waals surface area contributed by atoms with Crippen molar-refractivity contribution in [2.24, 2.45) is 0 Å². The van der Waals surface area contributed by atoms with Crippen molar-refractivity contribution in [3.05, 3.63) is 50.7 Å². The van der Waals surface area contributed by atoms with Crippen LogP contribution in [0.15, 0.2) is 40.6 Å². The van der Waals surface area contributed by atoms with Gasteiger partial charge < -0.3 is 5.32 Å². The van der Waals surface area contributed by atoms with E-state index in [1.165, 1.54) is 16.4 Å². The lowest BCUT2D eigenvalue weighted by Crippen LogP contribution is -2.29. The molecular weight excluding hydrogens is 374 g/mol. The van der Waals surface area contributed by atoms with Gasteiger partial charge in [-0.1, -0.05) is 13.0 Å². The normalized spacial score (nSPS) is 16.5. The molecule has 26 heavy (non-hydrogen) atoms. The van der Waals surface area contributed by atoms with E-state index < -0.39 is 14.9 Å². The Morgan fingerprint density at radius 3 is 2.62 bits per heavy atom. The molecule has 0 radical (unpaired) electrons. The molecular formula is C17H21N3O4S2. The molecule has 7 nitrogen and oxygen atoms in total. The van der Waals surface area contributed by atoms with E-state index in [0.29, 0.717) is 18.8 Å². The monoisotopic (exact) mass is 395 g/mol. The molecule has 9 heteroatoms. The summed E-state index contributed by atoms with van der Waals surface area (Å²) in [5.41, 5.74) is 0.181. The van der Waals surface area contributed by atoms with Gasteiger partial charge in [-0.15, -0.1) is 11.3 Å². The summed E-state index contributed by atoms with van der Waals surface area (Å²) in [4.78, 5) is 11.7. The molecule has 0 amide bonds. The van der Waals surface area contributed by atoms with Crippen molar-refractivity contribution in [1.82, 2.24) is 4.31 Å². The van der Waals surface area contributed by atoms with Crippen LogP contribution in [0, 0.1) is 10.1 Å². The molecule has 0 spiro atoms. The lowest BCUT2D eigenvalue weighted by Gasteiger charge is -2.22. The number of nitrogens with zero attached hydrogens (tertiary/aromatic N) is 2. The van der Waals surface area contributed by atoms with Gasteiger partial charge in [0.05, 0.1) is 16.7 Å². The van der Waals surface area contributed by atoms with Crippen LogP contribution in [0.1, 0.15) is 37.1 Å². The fourth-order valence-electron chi connectivity index (χ4n) is 3.08. The summed E-state index contributed by atoms with van der Waals surface area (Å²) in [6.07, 6.45) is 2.38. The second kappa shape index (κ2) is 7.73. The number of hydrogen-bond donors (Lipinski definition) is 1. The highest BCUT2D eigenvalue weighted by atomic mass is 32.2. The Morgan fingerprint density at radius 2 is 2.04 bits per heavy atom. The minimum atomic E-state index is -3.78. The maximum atomic E-state index is 13.1. The SMILES string of the molecule is CCC(Nc1ccc([N+](=O)[O-])cc1S(=O)(=O)N1CCCC1)c1cccs1. The maximum Gasteiger partial charge on any atom is 0.270 e. The lowest BCUT2D eigenvalue weighted by atomic mass is 10.1. The number of nitro groups is 1. The van der Waals surface area contributed by atoms with Crippen molar-refractivity contribution in [2.45, 2.75) is 37.1 Å². The van der Waals surface area contributed by atoms with E-state index in [9.17, 15) is 18.5 Å². The summed E-state index contributed by atoms with van der Waals surface area (Å²) in [6.45, 7) is 2.91. The Morgan fingerprint density at radius 1 is 1.31 bits per heavy atom. The molecule has 1 atom stereocenters. The molecule has 1 N–H and O–H groups in total. The van der Waals surface area contributed by atoms with E-state index in [1.54, 1.807) is 11.3 Å². The van der Waals surface area contributed by atoms with Gasteiger partial charge in [-0.2, -0.15) is 4.31 Å². The molecule has 1 fully saturated rings. The van der Waals surface area contributed by atoms with Crippen LogP contribution >= 0.6 is 11.3 Å². The van der Waals surface area contributed by atoms with Crippen LogP contribution in [0.25, 0.3) is 0 Å². The molecule has 0 bridgehead atoms. The number of nitrogens with one attached hydrogen (secondary N) is 1. The van der Waals surface area contributed by atoms with Crippen LogP contribution in [0.5, 0.6) is 0 Å². The van der Waals surface area contributed by atoms with Gasteiger partial charge in [0.1, 0.15) is 4.90 Å². The van der Waals surface area contributed by atoms with E-state index in [1.807, 2.05) is 24.4 Å². The Balaban J connectivity index is 2.02. The van der Waals surface area contributed by atoms with Crippen LogP contribution in [0.2, 0.25) is 0 Å². The summed E-state index contributed by atoms with van der Waals surface area (Å²) in [6, 6.07) is 7.89. The predicted octanol–water partition coefficient (Wildman–Crippen LogP) is 4.00. The molecule has 0 aliphatic carbocycles. The number of nitro benzene ring substituents is 1. The van der Waals surface area contributed by atoms with E-state index in [-0.39, 0.29) is 16.6 Å². The fourth-order valence-corrected chi connectivity index (χ4v) is 5.63. The Bertz CT molecular complexity index is 875. The first-order valence-electron chi connectivity index (χ1n) is 8.52. The van der Waals surface area contributed by atoms with Gasteiger partial charge in [0.15, 0.2) is 0 Å². The second-order valence-corrected chi connectivity index (χ2v) is 9.05. The van der Waals surface area contributed by atoms with Crippen LogP contribution in [-0.4, -0.2) is 30.7 Å². The highest BCUT2D eigenvalue weighted by Crippen LogP contribution is 2.34. The first-order chi connectivity index (χ1) is 12.4. The molecule has 1 unspecified atom stereocenters. The Hall–Kier alpha value is -1.97. The number of hydrogen-bond acceptors (Lipinski definition) is 6. The lowest BCUT2D eigenvalue weighted by molar-refractivity contribution is -0.385. The van der Waals surface area contributed by atoms with Gasteiger partial charge in [0.25, 0.3) is 5.69 Å². The molecule has 3 rings (SSSR count). The Kier molecular flexibility index (Phi) is 5.59. The highest BCUT2D eigenvalue weighted by molar-refractivity contribution is 7.89. The average Bonchev–Trinajstić information content (AvgIpc) is 3.33. The minimum Gasteiger partial charge on any atom is -0.376 e. The minimum absolute atomic E-state index is 0.0244. The van der Waals surface area contributed by atoms with Gasteiger partial charge in [0.2, 0.25) is 10.0 Å². The first-order valence-corrected chi connectivity index (χ1v) is 10.8. The van der Waals surface area contributed by atoms with E-state index in [2.05, 4.69) is 5.32 Å². The molecule has 1 aromatic carbocycles. The van der Waals surface area contributed by atoms with Gasteiger partial charge in [0, 0.05) is 30.1 Å². The third-order valence-corrected chi connectivity index (χ3v) is 7.41. The summed E-state index contributed by atoms with van der Waals surface area (Å²) in [7, 11) is -3.78. The van der Waals surface area contributed by atoms with E-state index in [0.717, 1.165) is 30.2 Å². The van der Waals surface area contributed by atoms with Crippen LogP contribution in [0.3, 0.4) is 0 Å². The fraction of sp³-hybridized carbons (Fsp3) is 0.412. The molecule has 140 valence electrons. The predicted molar refractivity (Wildman–Crippen MR) is 102 cm³/mol. The third-order valence-electron chi connectivity index (χ3n) is 4.48. The van der Waals surface area contributed by atoms with Gasteiger partial charge >= 0.3 is 0 Å². The summed E-state index contributed by atoms with van der Waals surface area (Å²) < 4.78 is 27.5. The smallest absolute Gasteiger partial charge is 0.270 e. The van der Waals surface area contributed by atoms with Crippen molar-refractivity contribution in [1.29, 1.82) is 0 Å². The topological polar surface area (TPSA) is 92.5 Å². The van der Waals surface area contributed by atoms with Crippen LogP contribution in [-0.2, 0) is 10.0 Å². The zero-order valence-corrected chi connectivity index (χ0v) is 16.1. The maximum absolute atomic E-state index is 13.1. The van der Waals surface area contributed by atoms with Crippen molar-refractivity contribution in [3.63, 3.8) is 0 Å². The second-order valence-electron chi connectivity index (χ2n) is 6.17. The molecule has 2 aromatic rings. The standard InChI is InChI=1S/C17H21N3O4S2/c1-2-14(16-6-5-11-25-16)18-15-8-7-13(20(21)22)12-17(15)26(23,24)19-9-3-4-10-19/h5-8,11-12,14,18H,2-4,9-10H2,1H3. The first kappa shape index (κ1) is 18.8. The summed E-state index contributed by atoms with van der Waals surface area (Å²) in [5.74, 6) is 0. The molecule has 1 aliphatic rings. The van der Waals surface area contributed by atoms with Crippen molar-refractivity contribution < 1.29 is 13.3 Å². The number of thiophene rings is 1. The Labute approximate surface area is 156 Å². The van der Waals surface area contributed by atoms with Crippen molar-refractivity contribution in [2.75, 3.05) is 18.4 Å². The highest BCUT2D eigenvalue weighted by Gasteiger charge is 2.31. The number of benzene rings is 1. The van der Waals surface area contributed by atoms with E-state index >= 15 is 0 Å². The number of anilines is 1. The summed E-state index contributed by atoms with van der Waals surface area (Å²) in [5, 5.41) is 16.4. The number of sulfonamides is 1. The third kappa shape index (κ3) is 3.74. The zero-order chi connectivity index (χ0) is 18.7. The van der Waals surface area contributed by atoms with Crippen LogP contribution in [0.4, 0.5) is 11.4 Å². The summed E-state index contributed by atoms with van der Waals surface area (Å²) >= 11 is 1.59. The number of rotatable bonds is 7. The molecule has 0 saturated carbocycles. The van der Waals surface area contributed by atoms with Gasteiger partial charge in [-0.05, 0) is 36.8 Å². The zero-order valence-electron chi connectivity index (χ0n) is 14.4. The van der Waals surface area contributed by atoms with Gasteiger partial charge in [-0.3, -0.25) is 10.1 Å². The van der Waals surface area contributed by atoms with Crippen LogP contribution < -0.4 is 5.32 Å². The molecule has 1 aliphatic heterocycles. The molecule has 1 aromatic heterocycles. The van der Waals surface area contributed by atoms with Crippen molar-refractivity contribution >= 4 is 32.7 Å². The quantitative estimate of drug-likeness (QED) is 0.565. The largest absolute Gasteiger partial charge is 0.376 e. The van der Waals surface area contributed by atoms with Crippen molar-refractivity contribution in [3.8, 4) is 0 Å². The average molecular weight is 396 g/mol. The molecule has 2 heterocycles. The molecule has 1 saturated heterocycles.